The van der Waals surface area contributed by atoms with Crippen molar-refractivity contribution in [2.75, 3.05) is 11.6 Å². The second-order valence-electron chi connectivity index (χ2n) is 6.71. The Morgan fingerprint density at radius 2 is 2.10 bits per heavy atom. The van der Waals surface area contributed by atoms with Gasteiger partial charge < -0.3 is 16.9 Å². The molecule has 2 aliphatic rings. The van der Waals surface area contributed by atoms with E-state index in [0.29, 0.717) is 30.3 Å². The Bertz CT molecular complexity index is 980. The van der Waals surface area contributed by atoms with Crippen LogP contribution in [-0.2, 0) is 5.54 Å². The van der Waals surface area contributed by atoms with E-state index < -0.39 is 22.0 Å². The molecule has 2 atom stereocenters. The lowest BCUT2D eigenvalue weighted by Crippen LogP contribution is -2.64. The third kappa shape index (κ3) is 3.16. The molecule has 3 heterocycles. The zero-order chi connectivity index (χ0) is 20.6. The molecule has 6 N–H and O–H groups in total. The molecule has 0 radical (unpaired) electrons. The van der Waals surface area contributed by atoms with Gasteiger partial charge in [-0.2, -0.15) is 5.10 Å². The van der Waals surface area contributed by atoms with Crippen LogP contribution in [0.15, 0.2) is 35.2 Å². The summed E-state index contributed by atoms with van der Waals surface area (Å²) in [7, 11) is 0. The number of rotatable bonds is 6. The predicted octanol–water partition coefficient (Wildman–Crippen LogP) is 1.86. The third-order valence-electron chi connectivity index (χ3n) is 4.91. The Balaban J connectivity index is 1.95. The minimum Gasteiger partial charge on any atom is -0.385 e. The fourth-order valence-corrected chi connectivity index (χ4v) is 5.67. The number of thioether (sulfide) groups is 1. The van der Waals surface area contributed by atoms with Gasteiger partial charge in [0.25, 0.3) is 0 Å². The summed E-state index contributed by atoms with van der Waals surface area (Å²) in [6, 6.07) is 3.36. The van der Waals surface area contributed by atoms with Crippen LogP contribution in [0.3, 0.4) is 0 Å². The zero-order valence-electron chi connectivity index (χ0n) is 15.5. The molecule has 1 aromatic heterocycles. The van der Waals surface area contributed by atoms with Crippen LogP contribution in [0.5, 0.6) is 0 Å². The molecule has 0 fully saturated rings. The molecule has 2 unspecified atom stereocenters. The Labute approximate surface area is 174 Å². The number of nitrogens with zero attached hydrogens (tertiary/aromatic N) is 4. The van der Waals surface area contributed by atoms with E-state index in [0.717, 1.165) is 17.1 Å². The van der Waals surface area contributed by atoms with Gasteiger partial charge in [-0.15, -0.1) is 10.2 Å². The molecule has 8 nitrogen and oxygen atoms in total. The summed E-state index contributed by atoms with van der Waals surface area (Å²) in [5, 5.41) is 15.8. The second-order valence-corrected chi connectivity index (χ2v) is 8.99. The number of hydrazone groups is 1. The van der Waals surface area contributed by atoms with Crippen molar-refractivity contribution in [1.29, 1.82) is 0 Å². The van der Waals surface area contributed by atoms with E-state index in [4.69, 9.17) is 11.5 Å². The lowest BCUT2D eigenvalue weighted by atomic mass is 9.79. The topological polar surface area (TPSA) is 117 Å². The van der Waals surface area contributed by atoms with Gasteiger partial charge in [0, 0.05) is 5.56 Å². The maximum absolute atomic E-state index is 15.0. The summed E-state index contributed by atoms with van der Waals surface area (Å²) in [5.74, 6) is -0.834. The van der Waals surface area contributed by atoms with E-state index in [2.05, 4.69) is 26.2 Å². The molecule has 154 valence electrons. The fraction of sp³-hybridized carbons (Fsp3) is 0.353. The van der Waals surface area contributed by atoms with Crippen molar-refractivity contribution in [3.05, 3.63) is 52.3 Å². The van der Waals surface area contributed by atoms with Crippen LogP contribution in [-0.4, -0.2) is 27.2 Å². The lowest BCUT2D eigenvalue weighted by Gasteiger charge is -2.47. The minimum atomic E-state index is -1.26. The molecule has 12 heteroatoms. The van der Waals surface area contributed by atoms with Gasteiger partial charge >= 0.3 is 0 Å². The van der Waals surface area contributed by atoms with Crippen molar-refractivity contribution in [2.45, 2.75) is 30.2 Å². The molecule has 0 saturated carbocycles. The Hall–Kier alpha value is -2.28. The molecule has 29 heavy (non-hydrogen) atoms. The fourth-order valence-electron chi connectivity index (χ4n) is 3.68. The summed E-state index contributed by atoms with van der Waals surface area (Å²) in [4.78, 5) is -0.957. The molecular formula is C17H20F2N8S2. The first-order chi connectivity index (χ1) is 13.9. The third-order valence-corrected chi connectivity index (χ3v) is 7.02. The number of benzene rings is 1. The van der Waals surface area contributed by atoms with Crippen LogP contribution in [0.1, 0.15) is 23.4 Å². The largest absolute Gasteiger partial charge is 0.385 e. The maximum Gasteiger partial charge on any atom is 0.230 e. The van der Waals surface area contributed by atoms with Crippen molar-refractivity contribution >= 4 is 33.8 Å². The summed E-state index contributed by atoms with van der Waals surface area (Å²) in [5.41, 5.74) is 18.3. The Kier molecular flexibility index (Phi) is 5.19. The normalized spacial score (nSPS) is 26.1. The van der Waals surface area contributed by atoms with E-state index in [-0.39, 0.29) is 5.56 Å². The lowest BCUT2D eigenvalue weighted by molar-refractivity contribution is 0.272. The number of aromatic nitrogens is 2. The summed E-state index contributed by atoms with van der Waals surface area (Å²) in [6.45, 7) is 2.25. The van der Waals surface area contributed by atoms with Crippen LogP contribution >= 0.6 is 23.1 Å². The van der Waals surface area contributed by atoms with Crippen molar-refractivity contribution in [2.24, 2.45) is 16.6 Å². The van der Waals surface area contributed by atoms with Crippen molar-refractivity contribution in [3.8, 4) is 0 Å². The molecule has 4 rings (SSSR count). The van der Waals surface area contributed by atoms with Gasteiger partial charge in [0.1, 0.15) is 32.9 Å². The van der Waals surface area contributed by atoms with E-state index in [1.165, 1.54) is 29.2 Å². The summed E-state index contributed by atoms with van der Waals surface area (Å²) in [6.07, 6.45) is 2.75. The molecular weight excluding hydrogens is 418 g/mol. The van der Waals surface area contributed by atoms with Crippen molar-refractivity contribution < 1.29 is 8.78 Å². The number of hydrazine groups is 1. The number of hydrogen-bond donors (Lipinski definition) is 4. The zero-order valence-corrected chi connectivity index (χ0v) is 17.2. The van der Waals surface area contributed by atoms with Gasteiger partial charge in [0.2, 0.25) is 5.13 Å². The summed E-state index contributed by atoms with van der Waals surface area (Å²) >= 11 is 2.73. The smallest absolute Gasteiger partial charge is 0.230 e. The van der Waals surface area contributed by atoms with Gasteiger partial charge in [-0.05, 0) is 50.6 Å². The molecule has 0 aliphatic carbocycles. The van der Waals surface area contributed by atoms with Crippen molar-refractivity contribution in [1.82, 2.24) is 21.0 Å². The number of hydrogen-bond acceptors (Lipinski definition) is 10. The molecule has 2 aliphatic heterocycles. The number of nitrogens with two attached hydrogens (primary N) is 2. The number of anilines is 1. The second kappa shape index (κ2) is 7.52. The van der Waals surface area contributed by atoms with Crippen LogP contribution < -0.4 is 27.3 Å². The highest BCUT2D eigenvalue weighted by Gasteiger charge is 2.61. The van der Waals surface area contributed by atoms with E-state index >= 15 is 4.39 Å². The molecule has 0 saturated heterocycles. The first-order valence-electron chi connectivity index (χ1n) is 8.89. The van der Waals surface area contributed by atoms with Crippen LogP contribution in [0.2, 0.25) is 0 Å². The number of nitrogens with one attached hydrogen (secondary N) is 2. The van der Waals surface area contributed by atoms with Gasteiger partial charge in [-0.3, -0.25) is 0 Å². The molecule has 0 bridgehead atoms. The highest BCUT2D eigenvalue weighted by Crippen LogP contribution is 2.54. The Morgan fingerprint density at radius 3 is 2.76 bits per heavy atom. The van der Waals surface area contributed by atoms with Gasteiger partial charge in [-0.1, -0.05) is 23.1 Å². The SMILES string of the molecule is Cc1nnc(N2N=CSC2(CCCN)C2(c3cc(F)ccc3F)C=C(N)NN2)s1. The molecule has 0 amide bonds. The summed E-state index contributed by atoms with van der Waals surface area (Å²) < 4.78 is 29.2. The van der Waals surface area contributed by atoms with E-state index in [1.807, 2.05) is 6.92 Å². The maximum atomic E-state index is 15.0. The molecule has 0 spiro atoms. The van der Waals surface area contributed by atoms with E-state index in [1.54, 1.807) is 16.6 Å². The van der Waals surface area contributed by atoms with Gasteiger partial charge in [-0.25, -0.2) is 19.2 Å². The monoisotopic (exact) mass is 438 g/mol. The predicted molar refractivity (Wildman–Crippen MR) is 111 cm³/mol. The van der Waals surface area contributed by atoms with Crippen LogP contribution in [0.4, 0.5) is 13.9 Å². The standard InChI is InChI=1S/C17H20F2N8S2/c1-10-23-25-15(29-10)27-17(5-2-6-20,28-9-22-27)16(8-14(21)24-26-16)12-7-11(18)3-4-13(12)19/h3-4,7-9,24,26H,2,5-6,20-21H2,1H3. The number of aryl methyl sites for hydroxylation is 1. The quantitative estimate of drug-likeness (QED) is 0.540. The van der Waals surface area contributed by atoms with Gasteiger partial charge in [0.05, 0.1) is 5.55 Å². The van der Waals surface area contributed by atoms with Gasteiger partial charge in [0.15, 0.2) is 0 Å². The average molecular weight is 439 g/mol. The Morgan fingerprint density at radius 1 is 1.28 bits per heavy atom. The van der Waals surface area contributed by atoms with E-state index in [9.17, 15) is 4.39 Å². The van der Waals surface area contributed by atoms with Crippen molar-refractivity contribution in [3.63, 3.8) is 0 Å². The minimum absolute atomic E-state index is 0.103. The highest BCUT2D eigenvalue weighted by atomic mass is 32.2. The first-order valence-corrected chi connectivity index (χ1v) is 10.6. The van der Waals surface area contributed by atoms with Crippen LogP contribution in [0, 0.1) is 18.6 Å². The number of halogens is 2. The highest BCUT2D eigenvalue weighted by molar-refractivity contribution is 8.13. The first kappa shape index (κ1) is 20.0. The molecule has 2 aromatic rings. The molecule has 1 aromatic carbocycles. The average Bonchev–Trinajstić information content (AvgIpc) is 3.41. The van der Waals surface area contributed by atoms with Crippen LogP contribution in [0.25, 0.3) is 0 Å².